The first-order valence-electron chi connectivity index (χ1n) is 6.47. The van der Waals surface area contributed by atoms with Crippen molar-refractivity contribution in [1.82, 2.24) is 4.90 Å². The molecule has 0 spiro atoms. The highest BCUT2D eigenvalue weighted by atomic mass is 127. The molecular formula is C14H21IN2O2. The normalized spacial score (nSPS) is 10.6. The van der Waals surface area contributed by atoms with Crippen LogP contribution in [0, 0.1) is 0 Å². The van der Waals surface area contributed by atoms with Gasteiger partial charge in [0.05, 0.1) is 28.4 Å². The van der Waals surface area contributed by atoms with Gasteiger partial charge in [-0.1, -0.05) is 13.8 Å². The summed E-state index contributed by atoms with van der Waals surface area (Å²) in [5.41, 5.74) is 1.65. The number of ether oxygens (including phenoxy) is 1. The third-order valence-corrected chi connectivity index (χ3v) is 3.55. The monoisotopic (exact) mass is 376 g/mol. The molecule has 106 valence electrons. The lowest BCUT2D eigenvalue weighted by Gasteiger charge is -2.17. The van der Waals surface area contributed by atoms with Gasteiger partial charge in [-0.3, -0.25) is 0 Å². The molecule has 0 N–H and O–H groups in total. The second kappa shape index (κ2) is 8.37. The Morgan fingerprint density at radius 2 is 1.79 bits per heavy atom. The number of carbonyl (C=O) groups is 1. The number of likely N-dealkylation sites (N-methyl/N-ethyl adjacent to an activating group) is 1. The number of anilines is 1. The lowest BCUT2D eigenvalue weighted by Crippen LogP contribution is -2.27. The molecule has 5 heteroatoms. The number of carbonyl (C=O) groups excluding carboxylic acids is 1. The fourth-order valence-electron chi connectivity index (χ4n) is 1.69. The van der Waals surface area contributed by atoms with E-state index in [-0.39, 0.29) is 5.97 Å². The van der Waals surface area contributed by atoms with Gasteiger partial charge in [-0.25, -0.2) is 4.79 Å². The lowest BCUT2D eigenvalue weighted by atomic mass is 10.2. The summed E-state index contributed by atoms with van der Waals surface area (Å²) in [5.74, 6) is -0.255. The van der Waals surface area contributed by atoms with Crippen LogP contribution >= 0.6 is 22.9 Å². The molecule has 0 radical (unpaired) electrons. The van der Waals surface area contributed by atoms with E-state index in [1.54, 1.807) is 12.1 Å². The van der Waals surface area contributed by atoms with Gasteiger partial charge in [0.2, 0.25) is 0 Å². The summed E-state index contributed by atoms with van der Waals surface area (Å²) in [4.78, 5) is 14.1. The van der Waals surface area contributed by atoms with Gasteiger partial charge in [0.15, 0.2) is 0 Å². The van der Waals surface area contributed by atoms with Crippen molar-refractivity contribution >= 4 is 34.5 Å². The number of hydrogen-bond donors (Lipinski definition) is 0. The maximum atomic E-state index is 11.8. The summed E-state index contributed by atoms with van der Waals surface area (Å²) >= 11 is 2.19. The molecule has 0 aromatic heterocycles. The molecule has 0 aliphatic heterocycles. The zero-order valence-electron chi connectivity index (χ0n) is 11.7. The molecule has 0 aliphatic carbocycles. The number of esters is 1. The van der Waals surface area contributed by atoms with E-state index in [0.717, 1.165) is 25.3 Å². The van der Waals surface area contributed by atoms with Gasteiger partial charge in [-0.05, 0) is 37.4 Å². The molecule has 0 aliphatic rings. The highest BCUT2D eigenvalue weighted by Crippen LogP contribution is 2.17. The van der Waals surface area contributed by atoms with Crippen LogP contribution in [0.3, 0.4) is 0 Å². The maximum absolute atomic E-state index is 11.8. The number of halogens is 1. The first-order chi connectivity index (χ1) is 9.08. The molecule has 0 heterocycles. The average molecular weight is 376 g/mol. The van der Waals surface area contributed by atoms with E-state index in [1.165, 1.54) is 0 Å². The van der Waals surface area contributed by atoms with Crippen molar-refractivity contribution in [2.45, 2.75) is 13.8 Å². The molecule has 1 rings (SSSR count). The molecule has 1 aromatic rings. The van der Waals surface area contributed by atoms with Crippen LogP contribution < -0.4 is 3.11 Å². The van der Waals surface area contributed by atoms with Crippen molar-refractivity contribution in [3.05, 3.63) is 29.8 Å². The van der Waals surface area contributed by atoms with Crippen LogP contribution in [-0.4, -0.2) is 44.2 Å². The van der Waals surface area contributed by atoms with Crippen LogP contribution in [0.5, 0.6) is 0 Å². The van der Waals surface area contributed by atoms with Gasteiger partial charge in [-0.15, -0.1) is 0 Å². The molecule has 4 nitrogen and oxygen atoms in total. The van der Waals surface area contributed by atoms with Gasteiger partial charge in [0.25, 0.3) is 0 Å². The van der Waals surface area contributed by atoms with Crippen LogP contribution in [0.25, 0.3) is 0 Å². The predicted molar refractivity (Wildman–Crippen MR) is 86.9 cm³/mol. The van der Waals surface area contributed by atoms with E-state index in [2.05, 4.69) is 41.6 Å². The van der Waals surface area contributed by atoms with Crippen LogP contribution in [-0.2, 0) is 4.74 Å². The van der Waals surface area contributed by atoms with E-state index in [4.69, 9.17) is 4.74 Å². The zero-order chi connectivity index (χ0) is 14.3. The minimum absolute atomic E-state index is 0.255. The van der Waals surface area contributed by atoms with Crippen LogP contribution in [0.1, 0.15) is 24.2 Å². The largest absolute Gasteiger partial charge is 0.461 e. The molecule has 0 bridgehead atoms. The Kier molecular flexibility index (Phi) is 7.15. The summed E-state index contributed by atoms with van der Waals surface area (Å²) in [6.45, 7) is 7.38. The first kappa shape index (κ1) is 16.2. The van der Waals surface area contributed by atoms with E-state index in [9.17, 15) is 4.79 Å². The smallest absolute Gasteiger partial charge is 0.338 e. The van der Waals surface area contributed by atoms with E-state index in [0.29, 0.717) is 12.2 Å². The molecule has 0 fully saturated rings. The van der Waals surface area contributed by atoms with Crippen molar-refractivity contribution < 1.29 is 9.53 Å². The third-order valence-electron chi connectivity index (χ3n) is 2.99. The van der Waals surface area contributed by atoms with Crippen LogP contribution in [0.2, 0.25) is 0 Å². The van der Waals surface area contributed by atoms with Crippen molar-refractivity contribution in [2.24, 2.45) is 0 Å². The second-order valence-corrected chi connectivity index (χ2v) is 5.63. The Balaban J connectivity index is 2.45. The van der Waals surface area contributed by atoms with E-state index >= 15 is 0 Å². The van der Waals surface area contributed by atoms with Crippen molar-refractivity contribution in [3.8, 4) is 0 Å². The Morgan fingerprint density at radius 3 is 2.26 bits per heavy atom. The van der Waals surface area contributed by atoms with Gasteiger partial charge >= 0.3 is 5.97 Å². The standard InChI is InChI=1S/C14H21IN2O2/c1-4-17(5-2)10-11-19-14(18)12-6-8-13(9-7-12)16(3)15/h6-9H,4-5,10-11H2,1-3H3. The van der Waals surface area contributed by atoms with Crippen LogP contribution in [0.4, 0.5) is 5.69 Å². The van der Waals surface area contributed by atoms with Gasteiger partial charge in [0.1, 0.15) is 6.61 Å². The molecule has 0 atom stereocenters. The SMILES string of the molecule is CCN(CC)CCOC(=O)c1ccc(N(C)I)cc1. The number of benzene rings is 1. The first-order valence-corrected chi connectivity index (χ1v) is 7.44. The third kappa shape index (κ3) is 5.36. The van der Waals surface area contributed by atoms with E-state index in [1.807, 2.05) is 22.3 Å². The van der Waals surface area contributed by atoms with E-state index < -0.39 is 0 Å². The van der Waals surface area contributed by atoms with Gasteiger partial charge < -0.3 is 12.8 Å². The highest BCUT2D eigenvalue weighted by Gasteiger charge is 2.08. The molecule has 0 saturated heterocycles. The minimum Gasteiger partial charge on any atom is -0.461 e. The topological polar surface area (TPSA) is 32.8 Å². The Labute approximate surface area is 129 Å². The van der Waals surface area contributed by atoms with Crippen LogP contribution in [0.15, 0.2) is 24.3 Å². The molecule has 0 saturated carbocycles. The number of rotatable bonds is 7. The Morgan fingerprint density at radius 1 is 1.21 bits per heavy atom. The lowest BCUT2D eigenvalue weighted by molar-refractivity contribution is 0.0466. The summed E-state index contributed by atoms with van der Waals surface area (Å²) in [5, 5.41) is 0. The molecular weight excluding hydrogens is 355 g/mol. The Hall–Kier alpha value is -0.820. The minimum atomic E-state index is -0.255. The fraction of sp³-hybridized carbons (Fsp3) is 0.500. The highest BCUT2D eigenvalue weighted by molar-refractivity contribution is 14.1. The van der Waals surface area contributed by atoms with Crippen molar-refractivity contribution in [2.75, 3.05) is 36.4 Å². The summed E-state index contributed by atoms with van der Waals surface area (Å²) < 4.78 is 7.23. The van der Waals surface area contributed by atoms with Gasteiger partial charge in [-0.2, -0.15) is 0 Å². The fourth-order valence-corrected chi connectivity index (χ4v) is 2.02. The van der Waals surface area contributed by atoms with Crippen molar-refractivity contribution in [3.63, 3.8) is 0 Å². The molecule has 1 aromatic carbocycles. The quantitative estimate of drug-likeness (QED) is 0.416. The second-order valence-electron chi connectivity index (χ2n) is 4.19. The molecule has 19 heavy (non-hydrogen) atoms. The molecule has 0 amide bonds. The molecule has 0 unspecified atom stereocenters. The average Bonchev–Trinajstić information content (AvgIpc) is 2.43. The van der Waals surface area contributed by atoms with Crippen molar-refractivity contribution in [1.29, 1.82) is 0 Å². The number of hydrogen-bond acceptors (Lipinski definition) is 4. The summed E-state index contributed by atoms with van der Waals surface area (Å²) in [7, 11) is 1.96. The summed E-state index contributed by atoms with van der Waals surface area (Å²) in [6, 6.07) is 7.41. The maximum Gasteiger partial charge on any atom is 0.338 e. The predicted octanol–water partition coefficient (Wildman–Crippen LogP) is 2.97. The Bertz CT molecular complexity index is 389. The van der Waals surface area contributed by atoms with Gasteiger partial charge in [0, 0.05) is 19.3 Å². The zero-order valence-corrected chi connectivity index (χ0v) is 13.9. The summed E-state index contributed by atoms with van der Waals surface area (Å²) in [6.07, 6.45) is 0. The number of nitrogens with zero attached hydrogens (tertiary/aromatic N) is 2.